The first-order valence-corrected chi connectivity index (χ1v) is 6.98. The minimum atomic E-state index is -0.196. The Hall–Kier alpha value is -1.82. The Morgan fingerprint density at radius 3 is 2.75 bits per heavy atom. The van der Waals surface area contributed by atoms with E-state index in [0.29, 0.717) is 29.4 Å². The molecule has 0 saturated carbocycles. The normalized spacial score (nSPS) is 10.3. The highest BCUT2D eigenvalue weighted by atomic mass is 79.9. The maximum Gasteiger partial charge on any atom is 0.233 e. The molecule has 0 aliphatic rings. The van der Waals surface area contributed by atoms with Gasteiger partial charge in [-0.1, -0.05) is 6.07 Å². The molecule has 2 rings (SSSR count). The van der Waals surface area contributed by atoms with Crippen LogP contribution in [0.5, 0.6) is 11.6 Å². The zero-order valence-corrected chi connectivity index (χ0v) is 12.9. The molecule has 0 radical (unpaired) electrons. The molecule has 6 heteroatoms. The van der Waals surface area contributed by atoms with Crippen molar-refractivity contribution >= 4 is 20.6 Å². The van der Waals surface area contributed by atoms with E-state index in [9.17, 15) is 4.79 Å². The lowest BCUT2D eigenvalue weighted by Crippen LogP contribution is -2.06. The van der Waals surface area contributed by atoms with Gasteiger partial charge in [0.15, 0.2) is 0 Å². The van der Waals surface area contributed by atoms with Crippen LogP contribution in [-0.2, 0) is 13.7 Å². The number of benzene rings is 1. The topological polar surface area (TPSA) is 53.4 Å². The average Bonchev–Trinajstić information content (AvgIpc) is 2.83. The van der Waals surface area contributed by atoms with Crippen molar-refractivity contribution < 1.29 is 14.3 Å². The third-order valence-corrected chi connectivity index (χ3v) is 3.13. The zero-order chi connectivity index (χ0) is 14.5. The highest BCUT2D eigenvalue weighted by molar-refractivity contribution is 9.18. The summed E-state index contributed by atoms with van der Waals surface area (Å²) in [7, 11) is 1.81. The second-order valence-corrected chi connectivity index (χ2v) is 4.83. The first-order chi connectivity index (χ1) is 9.61. The van der Waals surface area contributed by atoms with Gasteiger partial charge >= 0.3 is 0 Å². The first kappa shape index (κ1) is 14.6. The third kappa shape index (κ3) is 3.39. The molecule has 20 heavy (non-hydrogen) atoms. The molecule has 0 N–H and O–H groups in total. The van der Waals surface area contributed by atoms with Gasteiger partial charge in [-0.15, -0.1) is 5.10 Å². The summed E-state index contributed by atoms with van der Waals surface area (Å²) in [5, 5.41) is 4.13. The van der Waals surface area contributed by atoms with E-state index in [-0.39, 0.29) is 11.3 Å². The van der Waals surface area contributed by atoms with Crippen LogP contribution in [0.2, 0.25) is 0 Å². The summed E-state index contributed by atoms with van der Waals surface area (Å²) >= 11 is 2.98. The van der Waals surface area contributed by atoms with Crippen molar-refractivity contribution in [2.45, 2.75) is 13.5 Å². The maximum atomic E-state index is 11.6. The molecule has 1 aromatic heterocycles. The highest BCUT2D eigenvalue weighted by Gasteiger charge is 2.15. The van der Waals surface area contributed by atoms with E-state index in [1.807, 2.05) is 20.0 Å². The first-order valence-electron chi connectivity index (χ1n) is 6.18. The molecule has 0 aliphatic carbocycles. The standard InChI is InChI=1S/C14H15BrN2O3/c1-3-19-12-6-4-5-10(14(15)18)11(12)9-20-13-7-8-17(2)16-13/h4-8H,3,9H2,1-2H3. The van der Waals surface area contributed by atoms with Crippen LogP contribution in [0.4, 0.5) is 0 Å². The minimum absolute atomic E-state index is 0.196. The predicted octanol–water partition coefficient (Wildman–Crippen LogP) is 2.93. The Morgan fingerprint density at radius 2 is 2.15 bits per heavy atom. The quantitative estimate of drug-likeness (QED) is 0.760. The number of hydrogen-bond acceptors (Lipinski definition) is 4. The summed E-state index contributed by atoms with van der Waals surface area (Å²) in [5.41, 5.74) is 1.24. The fourth-order valence-corrected chi connectivity index (χ4v) is 2.18. The van der Waals surface area contributed by atoms with E-state index in [1.165, 1.54) is 0 Å². The lowest BCUT2D eigenvalue weighted by molar-refractivity contribution is 0.109. The fraction of sp³-hybridized carbons (Fsp3) is 0.286. The summed E-state index contributed by atoms with van der Waals surface area (Å²) in [6, 6.07) is 7.10. The summed E-state index contributed by atoms with van der Waals surface area (Å²) in [6.45, 7) is 2.64. The number of hydrogen-bond donors (Lipinski definition) is 0. The second-order valence-electron chi connectivity index (χ2n) is 4.11. The van der Waals surface area contributed by atoms with E-state index in [0.717, 1.165) is 0 Å². The zero-order valence-electron chi connectivity index (χ0n) is 11.3. The molecule has 0 fully saturated rings. The van der Waals surface area contributed by atoms with Crippen LogP contribution in [0, 0.1) is 0 Å². The van der Waals surface area contributed by atoms with E-state index in [4.69, 9.17) is 9.47 Å². The number of aryl methyl sites for hydroxylation is 1. The number of ether oxygens (including phenoxy) is 2. The third-order valence-electron chi connectivity index (χ3n) is 2.70. The van der Waals surface area contributed by atoms with Gasteiger partial charge in [0.2, 0.25) is 10.6 Å². The number of carbonyl (C=O) groups is 1. The molecule has 0 unspecified atom stereocenters. The van der Waals surface area contributed by atoms with Crippen molar-refractivity contribution in [1.29, 1.82) is 0 Å². The molecule has 0 atom stereocenters. The Kier molecular flexibility index (Phi) is 4.79. The van der Waals surface area contributed by atoms with Crippen LogP contribution >= 0.6 is 15.9 Å². The van der Waals surface area contributed by atoms with Gasteiger partial charge in [0.05, 0.1) is 6.61 Å². The number of halogens is 1. The van der Waals surface area contributed by atoms with E-state index in [1.54, 1.807) is 29.1 Å². The lowest BCUT2D eigenvalue weighted by atomic mass is 10.1. The van der Waals surface area contributed by atoms with Gasteiger partial charge < -0.3 is 9.47 Å². The van der Waals surface area contributed by atoms with Gasteiger partial charge in [-0.05, 0) is 35.0 Å². The number of aromatic nitrogens is 2. The largest absolute Gasteiger partial charge is 0.493 e. The molecule has 0 saturated heterocycles. The van der Waals surface area contributed by atoms with Gasteiger partial charge in [-0.2, -0.15) is 0 Å². The molecule has 0 bridgehead atoms. The SMILES string of the molecule is CCOc1cccc(C(=O)Br)c1COc1ccn(C)n1. The Labute approximate surface area is 125 Å². The van der Waals surface area contributed by atoms with E-state index >= 15 is 0 Å². The maximum absolute atomic E-state index is 11.6. The summed E-state index contributed by atoms with van der Waals surface area (Å²) in [5.74, 6) is 1.15. The van der Waals surface area contributed by atoms with Gasteiger partial charge in [0, 0.05) is 30.4 Å². The smallest absolute Gasteiger partial charge is 0.233 e. The molecule has 1 aromatic carbocycles. The molecular weight excluding hydrogens is 324 g/mol. The van der Waals surface area contributed by atoms with Crippen molar-refractivity contribution in [3.05, 3.63) is 41.6 Å². The molecule has 0 aliphatic heterocycles. The minimum Gasteiger partial charge on any atom is -0.493 e. The van der Waals surface area contributed by atoms with Crippen molar-refractivity contribution in [3.63, 3.8) is 0 Å². The molecule has 0 amide bonds. The number of nitrogens with zero attached hydrogens (tertiary/aromatic N) is 2. The monoisotopic (exact) mass is 338 g/mol. The van der Waals surface area contributed by atoms with Crippen LogP contribution in [0.25, 0.3) is 0 Å². The molecule has 106 valence electrons. The van der Waals surface area contributed by atoms with Crippen molar-refractivity contribution in [2.75, 3.05) is 6.61 Å². The van der Waals surface area contributed by atoms with Crippen LogP contribution in [0.15, 0.2) is 30.5 Å². The molecular formula is C14H15BrN2O3. The van der Waals surface area contributed by atoms with Crippen LogP contribution in [0.1, 0.15) is 22.8 Å². The van der Waals surface area contributed by atoms with Crippen LogP contribution in [0.3, 0.4) is 0 Å². The fourth-order valence-electron chi connectivity index (χ4n) is 1.81. The summed E-state index contributed by atoms with van der Waals surface area (Å²) in [4.78, 5) is 11.6. The van der Waals surface area contributed by atoms with Gasteiger partial charge in [0.1, 0.15) is 12.4 Å². The Balaban J connectivity index is 2.25. The molecule has 2 aromatic rings. The molecule has 5 nitrogen and oxygen atoms in total. The average molecular weight is 339 g/mol. The molecule has 0 spiro atoms. The Bertz CT molecular complexity index is 610. The van der Waals surface area contributed by atoms with Crippen molar-refractivity contribution in [3.8, 4) is 11.6 Å². The van der Waals surface area contributed by atoms with Crippen molar-refractivity contribution in [1.82, 2.24) is 9.78 Å². The predicted molar refractivity (Wildman–Crippen MR) is 78.4 cm³/mol. The van der Waals surface area contributed by atoms with E-state index < -0.39 is 0 Å². The lowest BCUT2D eigenvalue weighted by Gasteiger charge is -2.13. The van der Waals surface area contributed by atoms with Gasteiger partial charge in [-0.25, -0.2) is 0 Å². The van der Waals surface area contributed by atoms with Gasteiger partial charge in [-0.3, -0.25) is 9.48 Å². The number of rotatable bonds is 6. The Morgan fingerprint density at radius 1 is 1.35 bits per heavy atom. The highest BCUT2D eigenvalue weighted by Crippen LogP contribution is 2.26. The summed E-state index contributed by atoms with van der Waals surface area (Å²) in [6.07, 6.45) is 1.79. The number of carbonyl (C=O) groups excluding carboxylic acids is 1. The van der Waals surface area contributed by atoms with Crippen LogP contribution < -0.4 is 9.47 Å². The second kappa shape index (κ2) is 6.56. The van der Waals surface area contributed by atoms with E-state index in [2.05, 4.69) is 21.0 Å². The summed E-state index contributed by atoms with van der Waals surface area (Å²) < 4.78 is 12.6. The van der Waals surface area contributed by atoms with Crippen LogP contribution in [-0.4, -0.2) is 21.1 Å². The van der Waals surface area contributed by atoms with Crippen molar-refractivity contribution in [2.24, 2.45) is 7.05 Å². The van der Waals surface area contributed by atoms with Gasteiger partial charge in [0.25, 0.3) is 0 Å². The molecule has 1 heterocycles.